The topological polar surface area (TPSA) is 85.1 Å². The van der Waals surface area contributed by atoms with E-state index in [-0.39, 0.29) is 12.7 Å². The number of anilines is 1. The molecule has 0 bridgehead atoms. The van der Waals surface area contributed by atoms with E-state index >= 15 is 0 Å². The maximum Gasteiger partial charge on any atom is 0.256 e. The molecule has 1 saturated heterocycles. The molecule has 4 heterocycles. The lowest BCUT2D eigenvalue weighted by atomic mass is 10.1. The minimum atomic E-state index is 0.00747. The summed E-state index contributed by atoms with van der Waals surface area (Å²) in [4.78, 5) is 21.5. The van der Waals surface area contributed by atoms with Crippen LogP contribution < -0.4 is 14.4 Å². The summed E-state index contributed by atoms with van der Waals surface area (Å²) in [6.07, 6.45) is 2.56. The summed E-state index contributed by atoms with van der Waals surface area (Å²) >= 11 is 0. The SMILES string of the molecule is CCc1cc(N2CCN(C(=O)c3ccc4c(c3)OCO4)CC2)nc2nncn12. The van der Waals surface area contributed by atoms with E-state index in [1.54, 1.807) is 24.5 Å². The van der Waals surface area contributed by atoms with Crippen molar-refractivity contribution in [3.05, 3.63) is 41.9 Å². The Labute approximate surface area is 161 Å². The first-order valence-corrected chi connectivity index (χ1v) is 9.36. The van der Waals surface area contributed by atoms with Crippen LogP contribution in [-0.2, 0) is 6.42 Å². The zero-order valence-corrected chi connectivity index (χ0v) is 15.5. The molecule has 0 unspecified atom stereocenters. The second-order valence-corrected chi connectivity index (χ2v) is 6.81. The molecule has 2 aliphatic heterocycles. The van der Waals surface area contributed by atoms with Gasteiger partial charge in [0.25, 0.3) is 11.7 Å². The molecule has 5 rings (SSSR count). The summed E-state index contributed by atoms with van der Waals surface area (Å²) in [6, 6.07) is 7.41. The van der Waals surface area contributed by atoms with Gasteiger partial charge in [-0.3, -0.25) is 9.20 Å². The highest BCUT2D eigenvalue weighted by Crippen LogP contribution is 2.33. The highest BCUT2D eigenvalue weighted by Gasteiger charge is 2.25. The summed E-state index contributed by atoms with van der Waals surface area (Å²) in [5.41, 5.74) is 1.73. The average Bonchev–Trinajstić information content (AvgIpc) is 3.41. The molecule has 0 atom stereocenters. The number of hydrogen-bond acceptors (Lipinski definition) is 7. The molecule has 9 nitrogen and oxygen atoms in total. The first-order valence-electron chi connectivity index (χ1n) is 9.36. The van der Waals surface area contributed by atoms with Crippen LogP contribution in [0.3, 0.4) is 0 Å². The van der Waals surface area contributed by atoms with Gasteiger partial charge in [0.15, 0.2) is 11.5 Å². The van der Waals surface area contributed by atoms with Gasteiger partial charge in [-0.2, -0.15) is 4.98 Å². The van der Waals surface area contributed by atoms with Crippen LogP contribution in [0.15, 0.2) is 30.6 Å². The maximum absolute atomic E-state index is 12.9. The van der Waals surface area contributed by atoms with Crippen molar-refractivity contribution >= 4 is 17.5 Å². The molecule has 2 aliphatic rings. The zero-order valence-electron chi connectivity index (χ0n) is 15.5. The number of hydrogen-bond donors (Lipinski definition) is 0. The van der Waals surface area contributed by atoms with Crippen LogP contribution in [0.25, 0.3) is 5.78 Å². The number of nitrogens with zero attached hydrogens (tertiary/aromatic N) is 6. The van der Waals surface area contributed by atoms with Gasteiger partial charge in [-0.25, -0.2) is 0 Å². The van der Waals surface area contributed by atoms with Crippen molar-refractivity contribution in [3.63, 3.8) is 0 Å². The number of piperazine rings is 1. The minimum absolute atomic E-state index is 0.00747. The van der Waals surface area contributed by atoms with Crippen LogP contribution in [0.1, 0.15) is 23.0 Å². The van der Waals surface area contributed by atoms with Crippen LogP contribution >= 0.6 is 0 Å². The highest BCUT2D eigenvalue weighted by molar-refractivity contribution is 5.95. The van der Waals surface area contributed by atoms with Crippen molar-refractivity contribution in [2.45, 2.75) is 13.3 Å². The van der Waals surface area contributed by atoms with Gasteiger partial charge in [-0.05, 0) is 24.6 Å². The van der Waals surface area contributed by atoms with Gasteiger partial charge in [-0.1, -0.05) is 6.92 Å². The number of carbonyl (C=O) groups is 1. The number of aromatic nitrogens is 4. The van der Waals surface area contributed by atoms with Gasteiger partial charge in [0.05, 0.1) is 0 Å². The number of carbonyl (C=O) groups excluding carboxylic acids is 1. The molecule has 1 amide bonds. The molecule has 144 valence electrons. The van der Waals surface area contributed by atoms with Crippen molar-refractivity contribution in [1.82, 2.24) is 24.5 Å². The molecule has 2 aromatic heterocycles. The Morgan fingerprint density at radius 3 is 2.75 bits per heavy atom. The fourth-order valence-corrected chi connectivity index (χ4v) is 3.65. The largest absolute Gasteiger partial charge is 0.454 e. The quantitative estimate of drug-likeness (QED) is 0.679. The molecule has 0 N–H and O–H groups in total. The van der Waals surface area contributed by atoms with E-state index in [1.165, 1.54) is 0 Å². The fraction of sp³-hybridized carbons (Fsp3) is 0.368. The Morgan fingerprint density at radius 2 is 1.93 bits per heavy atom. The minimum Gasteiger partial charge on any atom is -0.454 e. The number of ether oxygens (including phenoxy) is 2. The Kier molecular flexibility index (Phi) is 4.00. The Hall–Kier alpha value is -3.36. The third-order valence-corrected chi connectivity index (χ3v) is 5.22. The van der Waals surface area contributed by atoms with Gasteiger partial charge in [0, 0.05) is 43.5 Å². The van der Waals surface area contributed by atoms with Gasteiger partial charge < -0.3 is 19.3 Å². The monoisotopic (exact) mass is 380 g/mol. The Balaban J connectivity index is 1.30. The smallest absolute Gasteiger partial charge is 0.256 e. The lowest BCUT2D eigenvalue weighted by Crippen LogP contribution is -2.49. The number of aryl methyl sites for hydroxylation is 1. The van der Waals surface area contributed by atoms with Crippen molar-refractivity contribution in [1.29, 1.82) is 0 Å². The van der Waals surface area contributed by atoms with E-state index in [9.17, 15) is 4.79 Å². The molecule has 0 aliphatic carbocycles. The highest BCUT2D eigenvalue weighted by atomic mass is 16.7. The van der Waals surface area contributed by atoms with Crippen LogP contribution in [-0.4, -0.2) is 63.4 Å². The summed E-state index contributed by atoms with van der Waals surface area (Å²) in [5.74, 6) is 2.80. The summed E-state index contributed by atoms with van der Waals surface area (Å²) in [7, 11) is 0. The van der Waals surface area contributed by atoms with Crippen molar-refractivity contribution in [2.24, 2.45) is 0 Å². The van der Waals surface area contributed by atoms with E-state index in [4.69, 9.17) is 9.47 Å². The van der Waals surface area contributed by atoms with Crippen LogP contribution in [0.5, 0.6) is 11.5 Å². The lowest BCUT2D eigenvalue weighted by molar-refractivity contribution is 0.0746. The van der Waals surface area contributed by atoms with Gasteiger partial charge in [0.2, 0.25) is 6.79 Å². The molecule has 9 heteroatoms. The summed E-state index contributed by atoms with van der Waals surface area (Å²) in [6.45, 7) is 5.01. The normalized spacial score (nSPS) is 16.0. The van der Waals surface area contributed by atoms with E-state index in [2.05, 4.69) is 33.1 Å². The van der Waals surface area contributed by atoms with Crippen molar-refractivity contribution in [2.75, 3.05) is 37.9 Å². The third kappa shape index (κ3) is 2.79. The zero-order chi connectivity index (χ0) is 19.1. The van der Waals surface area contributed by atoms with E-state index in [0.717, 1.165) is 31.0 Å². The van der Waals surface area contributed by atoms with Crippen molar-refractivity contribution < 1.29 is 14.3 Å². The summed E-state index contributed by atoms with van der Waals surface area (Å²) < 4.78 is 12.6. The van der Waals surface area contributed by atoms with Gasteiger partial charge in [-0.15, -0.1) is 10.2 Å². The molecular formula is C19H20N6O3. The second kappa shape index (κ2) is 6.66. The van der Waals surface area contributed by atoms with Crippen LogP contribution in [0.4, 0.5) is 5.82 Å². The molecule has 0 radical (unpaired) electrons. The lowest BCUT2D eigenvalue weighted by Gasteiger charge is -2.35. The molecule has 0 spiro atoms. The standard InChI is InChI=1S/C19H20N6O3/c1-2-14-10-17(21-19-22-20-11-25(14)19)23-5-7-24(8-6-23)18(26)13-3-4-15-16(9-13)28-12-27-15/h3-4,9-11H,2,5-8,12H2,1H3. The number of rotatable bonds is 3. The van der Waals surface area contributed by atoms with Crippen LogP contribution in [0, 0.1) is 0 Å². The number of benzene rings is 1. The predicted octanol–water partition coefficient (Wildman–Crippen LogP) is 1.38. The molecule has 1 aromatic carbocycles. The van der Waals surface area contributed by atoms with Crippen LogP contribution in [0.2, 0.25) is 0 Å². The predicted molar refractivity (Wildman–Crippen MR) is 101 cm³/mol. The average molecular weight is 380 g/mol. The Morgan fingerprint density at radius 1 is 1.11 bits per heavy atom. The van der Waals surface area contributed by atoms with Gasteiger partial charge >= 0.3 is 0 Å². The van der Waals surface area contributed by atoms with Crippen molar-refractivity contribution in [3.8, 4) is 11.5 Å². The molecule has 3 aromatic rings. The molecule has 28 heavy (non-hydrogen) atoms. The molecular weight excluding hydrogens is 360 g/mol. The third-order valence-electron chi connectivity index (χ3n) is 5.22. The Bertz CT molecular complexity index is 1040. The van der Waals surface area contributed by atoms with Gasteiger partial charge in [0.1, 0.15) is 12.1 Å². The maximum atomic E-state index is 12.9. The van der Waals surface area contributed by atoms with E-state index in [0.29, 0.717) is 35.9 Å². The van der Waals surface area contributed by atoms with E-state index in [1.807, 2.05) is 9.30 Å². The summed E-state index contributed by atoms with van der Waals surface area (Å²) in [5, 5.41) is 8.03. The van der Waals surface area contributed by atoms with E-state index < -0.39 is 0 Å². The molecule has 1 fully saturated rings. The number of fused-ring (bicyclic) bond motifs is 2. The second-order valence-electron chi connectivity index (χ2n) is 6.81. The first-order chi connectivity index (χ1) is 13.7. The fourth-order valence-electron chi connectivity index (χ4n) is 3.65. The first kappa shape index (κ1) is 16.8. The molecule has 0 saturated carbocycles. The number of amides is 1.